The van der Waals surface area contributed by atoms with Crippen molar-refractivity contribution < 1.29 is 4.43 Å². The van der Waals surface area contributed by atoms with Gasteiger partial charge in [0.1, 0.15) is 0 Å². The molecule has 0 aromatic rings. The molecule has 1 nitrogen and oxygen atoms in total. The van der Waals surface area contributed by atoms with E-state index in [-0.39, 0.29) is 9.76 Å². The van der Waals surface area contributed by atoms with E-state index in [1.54, 1.807) is 0 Å². The summed E-state index contributed by atoms with van der Waals surface area (Å²) in [6, 6.07) is 0. The van der Waals surface area contributed by atoms with E-state index in [9.17, 15) is 0 Å². The minimum atomic E-state index is -0.235. The molecular formula is C4H12OSi2. The molecule has 0 aliphatic carbocycles. The maximum atomic E-state index is 5.15. The van der Waals surface area contributed by atoms with Crippen molar-refractivity contribution in [3.8, 4) is 0 Å². The number of hydrogen-bond acceptors (Lipinski definition) is 1. The van der Waals surface area contributed by atoms with Crippen LogP contribution < -0.4 is 0 Å². The van der Waals surface area contributed by atoms with Crippen LogP contribution in [0.15, 0.2) is 11.4 Å². The fraction of sp³-hybridized carbons (Fsp3) is 0.500. The Balaban J connectivity index is 2.69. The van der Waals surface area contributed by atoms with Gasteiger partial charge >= 0.3 is 0 Å². The summed E-state index contributed by atoms with van der Waals surface area (Å²) in [5.74, 6) is 0. The first-order valence-electron chi connectivity index (χ1n) is 2.60. The van der Waals surface area contributed by atoms with E-state index in [1.165, 1.54) is 10.2 Å². The molecule has 0 amide bonds. The minimum absolute atomic E-state index is 0.235. The van der Waals surface area contributed by atoms with Gasteiger partial charge in [-0.25, -0.2) is 0 Å². The van der Waals surface area contributed by atoms with E-state index in [1.807, 2.05) is 6.92 Å². The first-order valence-corrected chi connectivity index (χ1v) is 5.15. The SMILES string of the molecule is CCO[SiH2]C=C[SiH3]. The third-order valence-electron chi connectivity index (χ3n) is 0.654. The molecule has 0 saturated carbocycles. The fourth-order valence-electron chi connectivity index (χ4n) is 0.282. The molecule has 0 saturated heterocycles. The van der Waals surface area contributed by atoms with Crippen LogP contribution in [0.5, 0.6) is 0 Å². The van der Waals surface area contributed by atoms with Gasteiger partial charge in [0.2, 0.25) is 0 Å². The molecule has 0 rings (SSSR count). The zero-order chi connectivity index (χ0) is 5.54. The molecule has 0 spiro atoms. The second-order valence-corrected chi connectivity index (χ2v) is 3.11. The van der Waals surface area contributed by atoms with Crippen LogP contribution in [0.3, 0.4) is 0 Å². The lowest BCUT2D eigenvalue weighted by atomic mass is 10.9. The van der Waals surface area contributed by atoms with Gasteiger partial charge in [-0.15, -0.1) is 5.70 Å². The molecule has 0 aliphatic heterocycles. The summed E-state index contributed by atoms with van der Waals surface area (Å²) < 4.78 is 5.15. The van der Waals surface area contributed by atoms with Gasteiger partial charge < -0.3 is 4.43 Å². The van der Waals surface area contributed by atoms with E-state index < -0.39 is 0 Å². The zero-order valence-electron chi connectivity index (χ0n) is 4.98. The maximum Gasteiger partial charge on any atom is 0.184 e. The molecule has 0 N–H and O–H groups in total. The highest BCUT2D eigenvalue weighted by Gasteiger charge is 1.72. The summed E-state index contributed by atoms with van der Waals surface area (Å²) in [7, 11) is 0.945. The van der Waals surface area contributed by atoms with Crippen molar-refractivity contribution in [2.24, 2.45) is 0 Å². The van der Waals surface area contributed by atoms with Crippen LogP contribution in [0.2, 0.25) is 0 Å². The Morgan fingerprint density at radius 2 is 2.57 bits per heavy atom. The lowest BCUT2D eigenvalue weighted by molar-refractivity contribution is 0.366. The number of hydrogen-bond donors (Lipinski definition) is 0. The monoisotopic (exact) mass is 132 g/mol. The highest BCUT2D eigenvalue weighted by atomic mass is 28.2. The van der Waals surface area contributed by atoms with Gasteiger partial charge in [-0.3, -0.25) is 0 Å². The maximum absolute atomic E-state index is 5.15. The molecule has 0 aromatic carbocycles. The van der Waals surface area contributed by atoms with E-state index in [0.29, 0.717) is 0 Å². The Morgan fingerprint density at radius 3 is 3.00 bits per heavy atom. The third kappa shape index (κ3) is 6.13. The molecular weight excluding hydrogens is 120 g/mol. The van der Waals surface area contributed by atoms with Gasteiger partial charge in [0.25, 0.3) is 0 Å². The Hall–Kier alpha value is 0.134. The van der Waals surface area contributed by atoms with Crippen molar-refractivity contribution in [2.75, 3.05) is 6.61 Å². The summed E-state index contributed by atoms with van der Waals surface area (Å²) >= 11 is 0. The Morgan fingerprint density at radius 1 is 1.86 bits per heavy atom. The second-order valence-electron chi connectivity index (χ2n) is 1.23. The van der Waals surface area contributed by atoms with Crippen molar-refractivity contribution in [3.63, 3.8) is 0 Å². The summed E-state index contributed by atoms with van der Waals surface area (Å²) in [5.41, 5.74) is 4.37. The van der Waals surface area contributed by atoms with Crippen LogP contribution >= 0.6 is 0 Å². The third-order valence-corrected chi connectivity index (χ3v) is 3.38. The van der Waals surface area contributed by atoms with Gasteiger partial charge in [-0.1, -0.05) is 5.70 Å². The average molecular weight is 132 g/mol. The highest BCUT2D eigenvalue weighted by molar-refractivity contribution is 6.37. The summed E-state index contributed by atoms with van der Waals surface area (Å²) in [5, 5.41) is 0. The van der Waals surface area contributed by atoms with Crippen molar-refractivity contribution in [1.82, 2.24) is 0 Å². The quantitative estimate of drug-likeness (QED) is 0.351. The molecule has 0 fully saturated rings. The van der Waals surface area contributed by atoms with Crippen LogP contribution in [0, 0.1) is 0 Å². The van der Waals surface area contributed by atoms with Crippen LogP contribution in [-0.4, -0.2) is 26.6 Å². The Bertz CT molecular complexity index is 53.7. The molecule has 3 heteroatoms. The average Bonchev–Trinajstić information content (AvgIpc) is 1.69. The molecule has 0 unspecified atom stereocenters. The second kappa shape index (κ2) is 6.13. The van der Waals surface area contributed by atoms with Crippen LogP contribution in [0.4, 0.5) is 0 Å². The molecule has 0 aromatic heterocycles. The molecule has 0 heterocycles. The summed E-state index contributed by atoms with van der Waals surface area (Å²) in [6.07, 6.45) is 0. The van der Waals surface area contributed by atoms with Crippen molar-refractivity contribution in [2.45, 2.75) is 6.92 Å². The molecule has 7 heavy (non-hydrogen) atoms. The molecule has 0 bridgehead atoms. The molecule has 0 aliphatic rings. The molecule has 0 radical (unpaired) electrons. The van der Waals surface area contributed by atoms with Gasteiger partial charge in [0.05, 0.1) is 0 Å². The largest absolute Gasteiger partial charge is 0.419 e. The Labute approximate surface area is 50.1 Å². The van der Waals surface area contributed by atoms with E-state index in [2.05, 4.69) is 11.4 Å². The van der Waals surface area contributed by atoms with Gasteiger partial charge in [-0.2, -0.15) is 0 Å². The van der Waals surface area contributed by atoms with Gasteiger partial charge in [-0.05, 0) is 6.92 Å². The number of rotatable bonds is 3. The zero-order valence-corrected chi connectivity index (χ0v) is 8.39. The lowest BCUT2D eigenvalue weighted by Crippen LogP contribution is -1.92. The van der Waals surface area contributed by atoms with Crippen molar-refractivity contribution in [3.05, 3.63) is 11.4 Å². The van der Waals surface area contributed by atoms with E-state index >= 15 is 0 Å². The normalized spacial score (nSPS) is 12.7. The molecule has 42 valence electrons. The predicted octanol–water partition coefficient (Wildman–Crippen LogP) is -1.06. The lowest BCUT2D eigenvalue weighted by Gasteiger charge is -1.88. The highest BCUT2D eigenvalue weighted by Crippen LogP contribution is 1.68. The topological polar surface area (TPSA) is 9.23 Å². The minimum Gasteiger partial charge on any atom is -0.419 e. The first-order chi connectivity index (χ1) is 3.41. The first kappa shape index (κ1) is 7.13. The van der Waals surface area contributed by atoms with Gasteiger partial charge in [0.15, 0.2) is 9.76 Å². The van der Waals surface area contributed by atoms with Crippen LogP contribution in [-0.2, 0) is 4.43 Å². The summed E-state index contributed by atoms with van der Waals surface area (Å²) in [6.45, 7) is 2.92. The molecule has 0 atom stereocenters. The predicted molar refractivity (Wildman–Crippen MR) is 39.2 cm³/mol. The van der Waals surface area contributed by atoms with Crippen LogP contribution in [0.25, 0.3) is 0 Å². The Kier molecular flexibility index (Phi) is 6.25. The smallest absolute Gasteiger partial charge is 0.184 e. The van der Waals surface area contributed by atoms with Crippen LogP contribution in [0.1, 0.15) is 6.92 Å². The summed E-state index contributed by atoms with van der Waals surface area (Å²) in [4.78, 5) is 0. The van der Waals surface area contributed by atoms with Crippen molar-refractivity contribution >= 4 is 20.0 Å². The van der Waals surface area contributed by atoms with E-state index in [4.69, 9.17) is 4.43 Å². The van der Waals surface area contributed by atoms with Gasteiger partial charge in [0, 0.05) is 16.8 Å². The fourth-order valence-corrected chi connectivity index (χ4v) is 1.42. The standard InChI is InChI=1S/C4H12OSi2/c1-2-5-7-4-3-6/h3-4H,2,7H2,1,6H3. The van der Waals surface area contributed by atoms with Crippen molar-refractivity contribution in [1.29, 1.82) is 0 Å². The van der Waals surface area contributed by atoms with E-state index in [0.717, 1.165) is 6.61 Å².